The summed E-state index contributed by atoms with van der Waals surface area (Å²) in [4.78, 5) is 34.4. The number of esters is 1. The Morgan fingerprint density at radius 3 is 2.50 bits per heavy atom. The summed E-state index contributed by atoms with van der Waals surface area (Å²) in [6, 6.07) is -1.44. The van der Waals surface area contributed by atoms with E-state index in [1.165, 1.54) is 0 Å². The van der Waals surface area contributed by atoms with Crippen LogP contribution in [0.4, 0.5) is 0 Å². The quantitative estimate of drug-likeness (QED) is 0.417. The lowest BCUT2D eigenvalue weighted by molar-refractivity contribution is -0.154. The molecule has 1 aliphatic heterocycles. The van der Waals surface area contributed by atoms with E-state index in [-0.39, 0.29) is 13.2 Å². The first kappa shape index (κ1) is 16.4. The Kier molecular flexibility index (Phi) is 5.90. The van der Waals surface area contributed by atoms with Crippen molar-refractivity contribution in [3.63, 3.8) is 0 Å². The van der Waals surface area contributed by atoms with Crippen LogP contribution in [0.5, 0.6) is 0 Å². The van der Waals surface area contributed by atoms with Gasteiger partial charge in [0, 0.05) is 19.8 Å². The van der Waals surface area contributed by atoms with Gasteiger partial charge in [-0.25, -0.2) is 4.79 Å². The second kappa shape index (κ2) is 7.20. The minimum atomic E-state index is -1.44. The van der Waals surface area contributed by atoms with Crippen LogP contribution in [-0.2, 0) is 23.9 Å². The van der Waals surface area contributed by atoms with Crippen LogP contribution in [0, 0.1) is 5.41 Å². The smallest absolute Gasteiger partial charge is 0.332 e. The molecule has 1 aliphatic rings. The molecule has 0 aromatic rings. The number of carboxylic acid groups (broad SMARTS) is 1. The minimum absolute atomic E-state index is 0.0857. The zero-order valence-electron chi connectivity index (χ0n) is 11.4. The largest absolute Gasteiger partial charge is 0.481 e. The second-order valence-electron chi connectivity index (χ2n) is 4.65. The van der Waals surface area contributed by atoms with Gasteiger partial charge in [-0.1, -0.05) is 0 Å². The van der Waals surface area contributed by atoms with Crippen LogP contribution in [-0.4, -0.2) is 55.4 Å². The SMILES string of the molecule is CCOC(=O)C(N)C(=O)NCC1(C(=O)O)CCOCC1. The van der Waals surface area contributed by atoms with E-state index in [0.29, 0.717) is 26.1 Å². The first-order chi connectivity index (χ1) is 9.43. The second-order valence-corrected chi connectivity index (χ2v) is 4.65. The zero-order chi connectivity index (χ0) is 15.2. The normalized spacial score (nSPS) is 18.9. The monoisotopic (exact) mass is 288 g/mol. The van der Waals surface area contributed by atoms with Gasteiger partial charge in [0.15, 0.2) is 6.04 Å². The van der Waals surface area contributed by atoms with Gasteiger partial charge in [-0.2, -0.15) is 0 Å². The Labute approximate surface area is 116 Å². The number of aliphatic carboxylic acids is 1. The first-order valence-electron chi connectivity index (χ1n) is 6.44. The molecule has 1 amide bonds. The summed E-state index contributed by atoms with van der Waals surface area (Å²) in [5.41, 5.74) is 4.36. The third kappa shape index (κ3) is 3.91. The molecule has 1 saturated heterocycles. The Balaban J connectivity index is 2.57. The lowest BCUT2D eigenvalue weighted by Crippen LogP contribution is -2.52. The van der Waals surface area contributed by atoms with Crippen LogP contribution in [0.25, 0.3) is 0 Å². The summed E-state index contributed by atoms with van der Waals surface area (Å²) in [6.45, 7) is 2.29. The molecule has 0 radical (unpaired) electrons. The van der Waals surface area contributed by atoms with E-state index < -0.39 is 29.3 Å². The highest BCUT2D eigenvalue weighted by atomic mass is 16.5. The topological polar surface area (TPSA) is 128 Å². The summed E-state index contributed by atoms with van der Waals surface area (Å²) >= 11 is 0. The Morgan fingerprint density at radius 1 is 1.40 bits per heavy atom. The van der Waals surface area contributed by atoms with Crippen LogP contribution in [0.3, 0.4) is 0 Å². The lowest BCUT2D eigenvalue weighted by Gasteiger charge is -2.33. The van der Waals surface area contributed by atoms with Crippen LogP contribution in [0.15, 0.2) is 0 Å². The summed E-state index contributed by atoms with van der Waals surface area (Å²) in [6.07, 6.45) is 0.606. The first-order valence-corrected chi connectivity index (χ1v) is 6.44. The molecule has 20 heavy (non-hydrogen) atoms. The lowest BCUT2D eigenvalue weighted by atomic mass is 9.80. The van der Waals surface area contributed by atoms with Crippen molar-refractivity contribution in [1.82, 2.24) is 5.32 Å². The molecule has 1 heterocycles. The molecule has 4 N–H and O–H groups in total. The number of hydrogen-bond acceptors (Lipinski definition) is 6. The molecule has 0 aromatic heterocycles. The number of ether oxygens (including phenoxy) is 2. The van der Waals surface area contributed by atoms with Crippen molar-refractivity contribution >= 4 is 17.8 Å². The molecule has 114 valence electrons. The van der Waals surface area contributed by atoms with Gasteiger partial charge in [0.2, 0.25) is 5.91 Å². The van der Waals surface area contributed by atoms with Crippen molar-refractivity contribution in [2.45, 2.75) is 25.8 Å². The molecule has 8 heteroatoms. The maximum atomic E-state index is 11.7. The molecule has 8 nitrogen and oxygen atoms in total. The van der Waals surface area contributed by atoms with Gasteiger partial charge >= 0.3 is 11.9 Å². The molecule has 0 aliphatic carbocycles. The van der Waals surface area contributed by atoms with Crippen LogP contribution < -0.4 is 11.1 Å². The molecule has 1 atom stereocenters. The summed E-state index contributed by atoms with van der Waals surface area (Å²) < 4.78 is 9.75. The number of carbonyl (C=O) groups excluding carboxylic acids is 2. The fourth-order valence-electron chi connectivity index (χ4n) is 1.93. The van der Waals surface area contributed by atoms with E-state index in [4.69, 9.17) is 10.5 Å². The summed E-state index contributed by atoms with van der Waals surface area (Å²) in [5, 5.41) is 11.7. The molecular weight excluding hydrogens is 268 g/mol. The average molecular weight is 288 g/mol. The maximum absolute atomic E-state index is 11.7. The van der Waals surface area contributed by atoms with Crippen molar-refractivity contribution in [2.75, 3.05) is 26.4 Å². The number of hydrogen-bond donors (Lipinski definition) is 3. The predicted molar refractivity (Wildman–Crippen MR) is 67.7 cm³/mol. The summed E-state index contributed by atoms with van der Waals surface area (Å²) in [5.74, 6) is -2.57. The minimum Gasteiger partial charge on any atom is -0.481 e. The van der Waals surface area contributed by atoms with Gasteiger partial charge in [-0.05, 0) is 19.8 Å². The average Bonchev–Trinajstić information content (AvgIpc) is 2.45. The highest BCUT2D eigenvalue weighted by Crippen LogP contribution is 2.30. The molecule has 0 spiro atoms. The fourth-order valence-corrected chi connectivity index (χ4v) is 1.93. The number of nitrogens with two attached hydrogens (primary N) is 1. The van der Waals surface area contributed by atoms with Gasteiger partial charge in [-0.3, -0.25) is 9.59 Å². The molecule has 0 saturated carbocycles. The van der Waals surface area contributed by atoms with Gasteiger partial charge < -0.3 is 25.6 Å². The molecule has 1 fully saturated rings. The van der Waals surface area contributed by atoms with Crippen LogP contribution >= 0.6 is 0 Å². The van der Waals surface area contributed by atoms with Crippen molar-refractivity contribution in [2.24, 2.45) is 11.1 Å². The van der Waals surface area contributed by atoms with E-state index in [1.807, 2.05) is 0 Å². The van der Waals surface area contributed by atoms with Crippen molar-refractivity contribution in [3.8, 4) is 0 Å². The van der Waals surface area contributed by atoms with Crippen molar-refractivity contribution < 1.29 is 29.0 Å². The van der Waals surface area contributed by atoms with E-state index in [9.17, 15) is 19.5 Å². The Morgan fingerprint density at radius 2 is 2.00 bits per heavy atom. The van der Waals surface area contributed by atoms with Crippen molar-refractivity contribution in [1.29, 1.82) is 0 Å². The van der Waals surface area contributed by atoms with Crippen LogP contribution in [0.1, 0.15) is 19.8 Å². The Bertz CT molecular complexity index is 378. The molecule has 0 aromatic carbocycles. The van der Waals surface area contributed by atoms with E-state index in [2.05, 4.69) is 10.1 Å². The zero-order valence-corrected chi connectivity index (χ0v) is 11.4. The molecule has 0 bridgehead atoms. The van der Waals surface area contributed by atoms with Crippen molar-refractivity contribution in [3.05, 3.63) is 0 Å². The number of carboxylic acids is 1. The standard InChI is InChI=1S/C12H20N2O6/c1-2-20-10(16)8(13)9(15)14-7-12(11(17)18)3-5-19-6-4-12/h8H,2-7,13H2,1H3,(H,14,15)(H,17,18). The van der Waals surface area contributed by atoms with Gasteiger partial charge in [0.1, 0.15) is 0 Å². The van der Waals surface area contributed by atoms with E-state index in [1.54, 1.807) is 6.92 Å². The highest BCUT2D eigenvalue weighted by Gasteiger charge is 2.41. The molecule has 1 unspecified atom stereocenters. The predicted octanol–water partition coefficient (Wildman–Crippen LogP) is -1.13. The number of nitrogens with one attached hydrogen (secondary N) is 1. The Hall–Kier alpha value is -1.67. The molecule has 1 rings (SSSR count). The molecular formula is C12H20N2O6. The number of amides is 1. The highest BCUT2D eigenvalue weighted by molar-refractivity contribution is 6.01. The third-order valence-electron chi connectivity index (χ3n) is 3.33. The summed E-state index contributed by atoms with van der Waals surface area (Å²) in [7, 11) is 0. The van der Waals surface area contributed by atoms with Gasteiger partial charge in [-0.15, -0.1) is 0 Å². The van der Waals surface area contributed by atoms with Gasteiger partial charge in [0.05, 0.1) is 12.0 Å². The number of carbonyl (C=O) groups is 3. The van der Waals surface area contributed by atoms with E-state index >= 15 is 0 Å². The fraction of sp³-hybridized carbons (Fsp3) is 0.750. The number of rotatable bonds is 6. The van der Waals surface area contributed by atoms with Gasteiger partial charge in [0.25, 0.3) is 0 Å². The third-order valence-corrected chi connectivity index (χ3v) is 3.33. The van der Waals surface area contributed by atoms with E-state index in [0.717, 1.165) is 0 Å². The maximum Gasteiger partial charge on any atom is 0.332 e. The van der Waals surface area contributed by atoms with Crippen LogP contribution in [0.2, 0.25) is 0 Å².